The average molecular weight is 546 g/mol. The molecule has 1 saturated heterocycles. The first-order chi connectivity index (χ1) is 16.8. The number of halogens is 1. The summed E-state index contributed by atoms with van der Waals surface area (Å²) in [6.07, 6.45) is 2.36. The Morgan fingerprint density at radius 2 is 1.91 bits per heavy atom. The highest BCUT2D eigenvalue weighted by Gasteiger charge is 2.60. The van der Waals surface area contributed by atoms with E-state index < -0.39 is 0 Å². The number of urea groups is 1. The molecule has 1 saturated carbocycles. The molecule has 1 aliphatic heterocycles. The zero-order valence-electron chi connectivity index (χ0n) is 20.8. The van der Waals surface area contributed by atoms with Crippen LogP contribution >= 0.6 is 15.9 Å². The summed E-state index contributed by atoms with van der Waals surface area (Å²) < 4.78 is 6.26. The van der Waals surface area contributed by atoms with Crippen molar-refractivity contribution in [2.24, 2.45) is 5.41 Å². The zero-order chi connectivity index (χ0) is 25.0. The Hall–Kier alpha value is -2.13. The molecule has 1 aliphatic carbocycles. The molecule has 1 heterocycles. The Bertz CT molecular complexity index is 985. The standard InChI is InChI=1S/C27H37BrN4O3/c1-31(2)18-27(16-24(27)33)25(19-6-8-20(28)9-7-19)23-17-32(15-5-4-14-29-23)26(34)30-21-10-12-22(35-3)13-11-21/h6-13,23-25,29,33H,4-5,14-18H2,1-3H3,(H,30,34)/t23-,24?,25+,27+/m0/s1. The van der Waals surface area contributed by atoms with Gasteiger partial charge in [0.25, 0.3) is 0 Å². The zero-order valence-corrected chi connectivity index (χ0v) is 22.4. The highest BCUT2D eigenvalue weighted by Crippen LogP contribution is 2.58. The maximum Gasteiger partial charge on any atom is 0.321 e. The van der Waals surface area contributed by atoms with E-state index in [2.05, 4.69) is 69.8 Å². The Morgan fingerprint density at radius 3 is 2.51 bits per heavy atom. The Morgan fingerprint density at radius 1 is 1.23 bits per heavy atom. The molecule has 7 nitrogen and oxygen atoms in total. The second kappa shape index (κ2) is 11.3. The van der Waals surface area contributed by atoms with Gasteiger partial charge in [-0.25, -0.2) is 4.79 Å². The number of methoxy groups -OCH3 is 1. The van der Waals surface area contributed by atoms with Gasteiger partial charge in [0, 0.05) is 47.2 Å². The van der Waals surface area contributed by atoms with Crippen molar-refractivity contribution >= 4 is 27.6 Å². The molecule has 190 valence electrons. The van der Waals surface area contributed by atoms with Gasteiger partial charge in [0.2, 0.25) is 0 Å². The lowest BCUT2D eigenvalue weighted by molar-refractivity contribution is 0.133. The number of nitrogens with zero attached hydrogens (tertiary/aromatic N) is 2. The van der Waals surface area contributed by atoms with Crippen LogP contribution in [0.1, 0.15) is 30.7 Å². The number of carbonyl (C=O) groups excluding carboxylic acids is 1. The van der Waals surface area contributed by atoms with E-state index in [1.54, 1.807) is 7.11 Å². The van der Waals surface area contributed by atoms with E-state index in [1.807, 2.05) is 29.2 Å². The van der Waals surface area contributed by atoms with Gasteiger partial charge in [-0.2, -0.15) is 0 Å². The van der Waals surface area contributed by atoms with E-state index in [0.717, 1.165) is 48.3 Å². The third-order valence-electron chi connectivity index (χ3n) is 7.25. The minimum atomic E-state index is -0.354. The number of hydrogen-bond acceptors (Lipinski definition) is 5. The molecule has 0 radical (unpaired) electrons. The molecule has 0 bridgehead atoms. The summed E-state index contributed by atoms with van der Waals surface area (Å²) in [7, 11) is 5.75. The summed E-state index contributed by atoms with van der Waals surface area (Å²) in [6, 6.07) is 15.8. The number of benzene rings is 2. The number of amides is 2. The van der Waals surface area contributed by atoms with Crippen LogP contribution in [0.5, 0.6) is 5.75 Å². The van der Waals surface area contributed by atoms with Gasteiger partial charge in [0.05, 0.1) is 13.2 Å². The van der Waals surface area contributed by atoms with Gasteiger partial charge < -0.3 is 30.3 Å². The highest BCUT2D eigenvalue weighted by molar-refractivity contribution is 9.10. The van der Waals surface area contributed by atoms with E-state index in [1.165, 1.54) is 5.56 Å². The van der Waals surface area contributed by atoms with E-state index in [-0.39, 0.29) is 29.5 Å². The molecule has 35 heavy (non-hydrogen) atoms. The van der Waals surface area contributed by atoms with Crippen molar-refractivity contribution in [1.82, 2.24) is 15.1 Å². The summed E-state index contributed by atoms with van der Waals surface area (Å²) in [5.41, 5.74) is 1.69. The Kier molecular flexibility index (Phi) is 8.37. The SMILES string of the molecule is COc1ccc(NC(=O)N2CCCCN[C@H]([C@@H](c3ccc(Br)cc3)[C@@]3(CN(C)C)CC3O)C2)cc1. The smallest absolute Gasteiger partial charge is 0.321 e. The van der Waals surface area contributed by atoms with Crippen molar-refractivity contribution in [3.05, 3.63) is 58.6 Å². The van der Waals surface area contributed by atoms with Crippen LogP contribution in [0.15, 0.2) is 53.0 Å². The van der Waals surface area contributed by atoms with Crippen LogP contribution in [0.3, 0.4) is 0 Å². The largest absolute Gasteiger partial charge is 0.497 e. The van der Waals surface area contributed by atoms with E-state index in [0.29, 0.717) is 13.1 Å². The maximum absolute atomic E-state index is 13.3. The highest BCUT2D eigenvalue weighted by atomic mass is 79.9. The molecule has 2 aliphatic rings. The van der Waals surface area contributed by atoms with Crippen molar-refractivity contribution in [2.75, 3.05) is 52.7 Å². The van der Waals surface area contributed by atoms with Gasteiger partial charge >= 0.3 is 6.03 Å². The van der Waals surface area contributed by atoms with Crippen LogP contribution in [-0.4, -0.2) is 80.5 Å². The molecule has 2 fully saturated rings. The number of aliphatic hydroxyl groups is 1. The number of carbonyl (C=O) groups is 1. The summed E-state index contributed by atoms with van der Waals surface area (Å²) in [4.78, 5) is 17.4. The van der Waals surface area contributed by atoms with E-state index in [9.17, 15) is 9.90 Å². The second-order valence-electron chi connectivity index (χ2n) is 10.1. The van der Waals surface area contributed by atoms with E-state index in [4.69, 9.17) is 4.74 Å². The first-order valence-corrected chi connectivity index (χ1v) is 13.1. The first kappa shape index (κ1) is 25.9. The third-order valence-corrected chi connectivity index (χ3v) is 7.77. The number of anilines is 1. The monoisotopic (exact) mass is 544 g/mol. The van der Waals surface area contributed by atoms with Crippen LogP contribution < -0.4 is 15.4 Å². The maximum atomic E-state index is 13.3. The summed E-state index contributed by atoms with van der Waals surface area (Å²) in [6.45, 7) is 2.98. The molecule has 2 aromatic rings. The van der Waals surface area contributed by atoms with Gasteiger partial charge in [-0.3, -0.25) is 0 Å². The lowest BCUT2D eigenvalue weighted by Crippen LogP contribution is -2.53. The molecule has 2 amide bonds. The van der Waals surface area contributed by atoms with Crippen molar-refractivity contribution < 1.29 is 14.6 Å². The summed E-state index contributed by atoms with van der Waals surface area (Å²) in [5, 5.41) is 17.7. The van der Waals surface area contributed by atoms with Gasteiger partial charge in [0.15, 0.2) is 0 Å². The quantitative estimate of drug-likeness (QED) is 0.488. The predicted molar refractivity (Wildman–Crippen MR) is 143 cm³/mol. The fourth-order valence-electron chi connectivity index (χ4n) is 5.52. The molecule has 3 N–H and O–H groups in total. The first-order valence-electron chi connectivity index (χ1n) is 12.3. The topological polar surface area (TPSA) is 77.1 Å². The van der Waals surface area contributed by atoms with E-state index >= 15 is 0 Å². The van der Waals surface area contributed by atoms with Crippen LogP contribution in [0.2, 0.25) is 0 Å². The lowest BCUT2D eigenvalue weighted by atomic mass is 9.76. The predicted octanol–water partition coefficient (Wildman–Crippen LogP) is 4.14. The molecule has 0 aromatic heterocycles. The molecule has 8 heteroatoms. The van der Waals surface area contributed by atoms with Crippen LogP contribution in [0.25, 0.3) is 0 Å². The fourth-order valence-corrected chi connectivity index (χ4v) is 5.78. The number of nitrogens with one attached hydrogen (secondary N) is 2. The molecular formula is C27H37BrN4O3. The van der Waals surface area contributed by atoms with Crippen molar-refractivity contribution in [3.63, 3.8) is 0 Å². The van der Waals surface area contributed by atoms with Crippen molar-refractivity contribution in [2.45, 2.75) is 37.3 Å². The van der Waals surface area contributed by atoms with Crippen molar-refractivity contribution in [1.29, 1.82) is 0 Å². The minimum absolute atomic E-state index is 0.0233. The average Bonchev–Trinajstić information content (AvgIpc) is 3.45. The Balaban J connectivity index is 1.60. The van der Waals surface area contributed by atoms with Crippen LogP contribution in [0, 0.1) is 5.41 Å². The lowest BCUT2D eigenvalue weighted by Gasteiger charge is -2.40. The Labute approximate surface area is 217 Å². The molecule has 0 spiro atoms. The molecule has 2 aromatic carbocycles. The van der Waals surface area contributed by atoms with Gasteiger partial charge in [-0.1, -0.05) is 28.1 Å². The van der Waals surface area contributed by atoms with Crippen LogP contribution in [0.4, 0.5) is 10.5 Å². The molecule has 4 atom stereocenters. The fraction of sp³-hybridized carbons (Fsp3) is 0.519. The number of hydrogen-bond donors (Lipinski definition) is 3. The second-order valence-corrected chi connectivity index (χ2v) is 11.0. The molecular weight excluding hydrogens is 508 g/mol. The summed E-state index contributed by atoms with van der Waals surface area (Å²) in [5.74, 6) is 0.826. The van der Waals surface area contributed by atoms with Gasteiger partial charge in [0.1, 0.15) is 5.75 Å². The summed E-state index contributed by atoms with van der Waals surface area (Å²) >= 11 is 3.56. The van der Waals surface area contributed by atoms with Gasteiger partial charge in [-0.15, -0.1) is 0 Å². The molecule has 4 rings (SSSR count). The normalized spacial score (nSPS) is 25.5. The number of aliphatic hydroxyl groups excluding tert-OH is 1. The number of rotatable bonds is 7. The molecule has 1 unspecified atom stereocenters. The van der Waals surface area contributed by atoms with Gasteiger partial charge in [-0.05, 0) is 81.9 Å². The van der Waals surface area contributed by atoms with Crippen LogP contribution in [-0.2, 0) is 0 Å². The minimum Gasteiger partial charge on any atom is -0.497 e. The third kappa shape index (κ3) is 6.17. The van der Waals surface area contributed by atoms with Crippen molar-refractivity contribution in [3.8, 4) is 5.75 Å². The number of ether oxygens (including phenoxy) is 1.